The minimum atomic E-state index is -0.581. The Morgan fingerprint density at radius 1 is 1.48 bits per heavy atom. The standard InChI is InChI=1S/C12H13N3O6/c1-20-9-3-2-8(15(18)19)6-10(9)21-7-11(16)14-5-4-13-12(14)17/h2-3,6H,4-5,7H2,1H3,(H,13,17). The number of methoxy groups -OCH3 is 1. The molecule has 1 aliphatic heterocycles. The van der Waals surface area contributed by atoms with Crippen LogP contribution < -0.4 is 14.8 Å². The topological polar surface area (TPSA) is 111 Å². The van der Waals surface area contributed by atoms with Gasteiger partial charge in [0.1, 0.15) is 0 Å². The Hall–Kier alpha value is -2.84. The summed E-state index contributed by atoms with van der Waals surface area (Å²) in [6.45, 7) is 0.253. The number of urea groups is 1. The molecule has 9 nitrogen and oxygen atoms in total. The summed E-state index contributed by atoms with van der Waals surface area (Å²) in [5.41, 5.74) is -0.183. The van der Waals surface area contributed by atoms with E-state index in [2.05, 4.69) is 5.32 Å². The van der Waals surface area contributed by atoms with Crippen LogP contribution >= 0.6 is 0 Å². The summed E-state index contributed by atoms with van der Waals surface area (Å²) in [4.78, 5) is 34.3. The summed E-state index contributed by atoms with van der Waals surface area (Å²) in [6.07, 6.45) is 0. The van der Waals surface area contributed by atoms with Gasteiger partial charge in [-0.3, -0.25) is 19.8 Å². The Morgan fingerprint density at radius 3 is 2.81 bits per heavy atom. The Kier molecular flexibility index (Phi) is 4.21. The highest BCUT2D eigenvalue weighted by molar-refractivity contribution is 5.96. The number of nitrogens with zero attached hydrogens (tertiary/aromatic N) is 2. The van der Waals surface area contributed by atoms with Crippen LogP contribution in [0, 0.1) is 10.1 Å². The van der Waals surface area contributed by atoms with E-state index in [1.54, 1.807) is 0 Å². The van der Waals surface area contributed by atoms with Crippen LogP contribution in [0.4, 0.5) is 10.5 Å². The summed E-state index contributed by atoms with van der Waals surface area (Å²) >= 11 is 0. The number of hydrogen-bond donors (Lipinski definition) is 1. The van der Waals surface area contributed by atoms with E-state index in [9.17, 15) is 19.7 Å². The van der Waals surface area contributed by atoms with Crippen molar-refractivity contribution in [3.8, 4) is 11.5 Å². The minimum Gasteiger partial charge on any atom is -0.493 e. The number of carbonyl (C=O) groups excluding carboxylic acids is 2. The van der Waals surface area contributed by atoms with E-state index in [4.69, 9.17) is 9.47 Å². The molecule has 112 valence electrons. The van der Waals surface area contributed by atoms with Gasteiger partial charge >= 0.3 is 6.03 Å². The van der Waals surface area contributed by atoms with E-state index in [-0.39, 0.29) is 23.7 Å². The summed E-state index contributed by atoms with van der Waals surface area (Å²) in [5.74, 6) is -0.197. The molecule has 2 rings (SSSR count). The number of nitro benzene ring substituents is 1. The van der Waals surface area contributed by atoms with Crippen LogP contribution in [0.25, 0.3) is 0 Å². The number of rotatable bonds is 5. The Balaban J connectivity index is 2.08. The lowest BCUT2D eigenvalue weighted by molar-refractivity contribution is -0.385. The summed E-state index contributed by atoms with van der Waals surface area (Å²) in [6, 6.07) is 3.33. The molecule has 1 N–H and O–H groups in total. The maximum Gasteiger partial charge on any atom is 0.324 e. The molecule has 0 saturated carbocycles. The number of carbonyl (C=O) groups is 2. The normalized spacial score (nSPS) is 13.8. The van der Waals surface area contributed by atoms with Crippen molar-refractivity contribution in [2.45, 2.75) is 0 Å². The van der Waals surface area contributed by atoms with Crippen molar-refractivity contribution in [3.63, 3.8) is 0 Å². The van der Waals surface area contributed by atoms with Gasteiger partial charge in [-0.2, -0.15) is 0 Å². The lowest BCUT2D eigenvalue weighted by Crippen LogP contribution is -2.37. The molecule has 0 unspecified atom stereocenters. The molecule has 0 spiro atoms. The van der Waals surface area contributed by atoms with Crippen LogP contribution in [0.15, 0.2) is 18.2 Å². The zero-order chi connectivity index (χ0) is 15.4. The predicted octanol–water partition coefficient (Wildman–Crippen LogP) is 0.534. The number of non-ortho nitro benzene ring substituents is 1. The third kappa shape index (κ3) is 3.19. The molecule has 0 atom stereocenters. The molecule has 1 saturated heterocycles. The summed E-state index contributed by atoms with van der Waals surface area (Å²) < 4.78 is 10.2. The first-order valence-electron chi connectivity index (χ1n) is 6.06. The van der Waals surface area contributed by atoms with E-state index in [0.717, 1.165) is 11.0 Å². The second kappa shape index (κ2) is 6.07. The van der Waals surface area contributed by atoms with Crippen LogP contribution in [-0.4, -0.2) is 48.6 Å². The Bertz CT molecular complexity index is 588. The van der Waals surface area contributed by atoms with E-state index in [1.165, 1.54) is 19.2 Å². The Morgan fingerprint density at radius 2 is 2.24 bits per heavy atom. The molecule has 1 fully saturated rings. The van der Waals surface area contributed by atoms with Gasteiger partial charge in [-0.05, 0) is 6.07 Å². The van der Waals surface area contributed by atoms with E-state index in [1.807, 2.05) is 0 Å². The maximum atomic E-state index is 11.8. The fraction of sp³-hybridized carbons (Fsp3) is 0.333. The molecular weight excluding hydrogens is 282 g/mol. The average molecular weight is 295 g/mol. The molecule has 3 amide bonds. The second-order valence-corrected chi connectivity index (χ2v) is 4.16. The van der Waals surface area contributed by atoms with Crippen LogP contribution in [0.1, 0.15) is 0 Å². The highest BCUT2D eigenvalue weighted by atomic mass is 16.6. The van der Waals surface area contributed by atoms with Crippen LogP contribution in [-0.2, 0) is 4.79 Å². The van der Waals surface area contributed by atoms with Crippen molar-refractivity contribution < 1.29 is 24.0 Å². The van der Waals surface area contributed by atoms with Crippen molar-refractivity contribution in [3.05, 3.63) is 28.3 Å². The zero-order valence-corrected chi connectivity index (χ0v) is 11.2. The second-order valence-electron chi connectivity index (χ2n) is 4.16. The maximum absolute atomic E-state index is 11.8. The van der Waals surface area contributed by atoms with Crippen LogP contribution in [0.3, 0.4) is 0 Å². The van der Waals surface area contributed by atoms with Gasteiger partial charge < -0.3 is 14.8 Å². The molecule has 0 radical (unpaired) electrons. The summed E-state index contributed by atoms with van der Waals surface area (Å²) in [5, 5.41) is 13.2. The van der Waals surface area contributed by atoms with Crippen molar-refractivity contribution in [2.75, 3.05) is 26.8 Å². The fourth-order valence-electron chi connectivity index (χ4n) is 1.82. The van der Waals surface area contributed by atoms with Crippen molar-refractivity contribution in [1.29, 1.82) is 0 Å². The minimum absolute atomic E-state index is 0.0691. The Labute approximate surface area is 119 Å². The van der Waals surface area contributed by atoms with Crippen molar-refractivity contribution >= 4 is 17.6 Å². The number of ether oxygens (including phenoxy) is 2. The zero-order valence-electron chi connectivity index (χ0n) is 11.2. The van der Waals surface area contributed by atoms with E-state index >= 15 is 0 Å². The van der Waals surface area contributed by atoms with Crippen molar-refractivity contribution in [2.24, 2.45) is 0 Å². The van der Waals surface area contributed by atoms with E-state index in [0.29, 0.717) is 6.54 Å². The molecule has 1 aromatic rings. The smallest absolute Gasteiger partial charge is 0.324 e. The van der Waals surface area contributed by atoms with Gasteiger partial charge in [0.05, 0.1) is 18.1 Å². The molecule has 0 bridgehead atoms. The number of imide groups is 1. The van der Waals surface area contributed by atoms with Crippen LogP contribution in [0.5, 0.6) is 11.5 Å². The highest BCUT2D eigenvalue weighted by Gasteiger charge is 2.26. The van der Waals surface area contributed by atoms with Gasteiger partial charge in [0.15, 0.2) is 18.1 Å². The highest BCUT2D eigenvalue weighted by Crippen LogP contribution is 2.31. The van der Waals surface area contributed by atoms with Gasteiger partial charge in [0.25, 0.3) is 11.6 Å². The molecule has 21 heavy (non-hydrogen) atoms. The fourth-order valence-corrected chi connectivity index (χ4v) is 1.82. The average Bonchev–Trinajstić information content (AvgIpc) is 2.90. The van der Waals surface area contributed by atoms with Crippen molar-refractivity contribution in [1.82, 2.24) is 10.2 Å². The monoisotopic (exact) mass is 295 g/mol. The third-order valence-corrected chi connectivity index (χ3v) is 2.87. The van der Waals surface area contributed by atoms with Gasteiger partial charge in [-0.25, -0.2) is 4.79 Å². The van der Waals surface area contributed by atoms with E-state index < -0.39 is 23.5 Å². The number of amides is 3. The van der Waals surface area contributed by atoms with Gasteiger partial charge in [0.2, 0.25) is 0 Å². The molecule has 0 aliphatic carbocycles. The van der Waals surface area contributed by atoms with Gasteiger partial charge in [-0.15, -0.1) is 0 Å². The number of hydrogen-bond acceptors (Lipinski definition) is 6. The molecule has 1 aromatic carbocycles. The number of benzene rings is 1. The molecular formula is C12H13N3O6. The molecule has 9 heteroatoms. The lowest BCUT2D eigenvalue weighted by Gasteiger charge is -2.14. The van der Waals surface area contributed by atoms with Crippen LogP contribution in [0.2, 0.25) is 0 Å². The number of nitro groups is 1. The number of nitrogens with one attached hydrogen (secondary N) is 1. The first kappa shape index (κ1) is 14.6. The largest absolute Gasteiger partial charge is 0.493 e. The third-order valence-electron chi connectivity index (χ3n) is 2.87. The first-order chi connectivity index (χ1) is 10.0. The molecule has 0 aromatic heterocycles. The van der Waals surface area contributed by atoms with Gasteiger partial charge in [0, 0.05) is 19.2 Å². The molecule has 1 heterocycles. The quantitative estimate of drug-likeness (QED) is 0.626. The lowest BCUT2D eigenvalue weighted by atomic mass is 10.3. The first-order valence-corrected chi connectivity index (χ1v) is 6.06. The van der Waals surface area contributed by atoms with Gasteiger partial charge in [-0.1, -0.05) is 0 Å². The summed E-state index contributed by atoms with van der Waals surface area (Å²) in [7, 11) is 1.38. The predicted molar refractivity (Wildman–Crippen MR) is 70.3 cm³/mol. The SMILES string of the molecule is COc1ccc([N+](=O)[O-])cc1OCC(=O)N1CCNC1=O. The molecule has 1 aliphatic rings.